The van der Waals surface area contributed by atoms with Gasteiger partial charge >= 0.3 is 0 Å². The zero-order valence-electron chi connectivity index (χ0n) is 17.1. The molecule has 1 amide bonds. The van der Waals surface area contributed by atoms with Gasteiger partial charge in [0.15, 0.2) is 16.6 Å². The van der Waals surface area contributed by atoms with E-state index in [2.05, 4.69) is 20.8 Å². The molecule has 0 bridgehead atoms. The van der Waals surface area contributed by atoms with Crippen LogP contribution in [0.1, 0.15) is 10.4 Å². The molecule has 0 aliphatic rings. The van der Waals surface area contributed by atoms with Crippen molar-refractivity contribution >= 4 is 51.6 Å². The monoisotopic (exact) mass is 467 g/mol. The second-order valence-electron chi connectivity index (χ2n) is 6.62. The molecule has 0 radical (unpaired) electrons. The topological polar surface area (TPSA) is 90.3 Å². The van der Waals surface area contributed by atoms with Crippen LogP contribution in [-0.2, 0) is 0 Å². The lowest BCUT2D eigenvalue weighted by Crippen LogP contribution is -2.34. The van der Waals surface area contributed by atoms with E-state index < -0.39 is 5.91 Å². The number of amides is 1. The predicted molar refractivity (Wildman–Crippen MR) is 127 cm³/mol. The van der Waals surface area contributed by atoms with Crippen molar-refractivity contribution in [1.82, 2.24) is 20.3 Å². The van der Waals surface area contributed by atoms with Crippen molar-refractivity contribution in [1.29, 1.82) is 0 Å². The number of rotatable bonds is 5. The smallest absolute Gasteiger partial charge is 0.257 e. The minimum atomic E-state index is -0.407. The van der Waals surface area contributed by atoms with Gasteiger partial charge in [0.1, 0.15) is 11.0 Å². The Morgan fingerprint density at radius 2 is 1.66 bits per heavy atom. The number of ether oxygens (including phenoxy) is 2. The van der Waals surface area contributed by atoms with E-state index in [-0.39, 0.29) is 5.11 Å². The molecule has 0 saturated carbocycles. The van der Waals surface area contributed by atoms with Crippen molar-refractivity contribution in [3.8, 4) is 17.2 Å². The molecule has 2 N–H and O–H groups in total. The van der Waals surface area contributed by atoms with Gasteiger partial charge in [0.05, 0.1) is 30.6 Å². The van der Waals surface area contributed by atoms with Crippen LogP contribution < -0.4 is 20.1 Å². The van der Waals surface area contributed by atoms with Crippen molar-refractivity contribution < 1.29 is 14.3 Å². The van der Waals surface area contributed by atoms with Gasteiger partial charge in [0.2, 0.25) is 0 Å². The summed E-state index contributed by atoms with van der Waals surface area (Å²) in [6.45, 7) is 0. The molecule has 0 spiro atoms. The Bertz CT molecular complexity index is 1310. The van der Waals surface area contributed by atoms with E-state index in [0.29, 0.717) is 38.8 Å². The lowest BCUT2D eigenvalue weighted by molar-refractivity contribution is 0.0977. The molecule has 0 fully saturated rings. The van der Waals surface area contributed by atoms with Crippen LogP contribution in [0.5, 0.6) is 11.5 Å². The first kappa shape index (κ1) is 21.5. The van der Waals surface area contributed by atoms with E-state index in [1.165, 1.54) is 19.0 Å². The van der Waals surface area contributed by atoms with Gasteiger partial charge < -0.3 is 14.8 Å². The molecule has 1 aromatic heterocycles. The van der Waals surface area contributed by atoms with Crippen molar-refractivity contribution in [2.24, 2.45) is 0 Å². The number of para-hydroxylation sites is 1. The number of benzene rings is 3. The lowest BCUT2D eigenvalue weighted by Gasteiger charge is -2.12. The first-order valence-electron chi connectivity index (χ1n) is 9.45. The molecular formula is C22H18ClN5O3S. The van der Waals surface area contributed by atoms with Gasteiger partial charge in [-0.2, -0.15) is 4.80 Å². The third kappa shape index (κ3) is 4.48. The van der Waals surface area contributed by atoms with Crippen LogP contribution >= 0.6 is 23.8 Å². The molecule has 32 heavy (non-hydrogen) atoms. The molecule has 3 aromatic carbocycles. The Labute approximate surface area is 194 Å². The number of anilines is 1. The number of methoxy groups -OCH3 is 2. The maximum absolute atomic E-state index is 12.6. The largest absolute Gasteiger partial charge is 0.493 e. The number of thiocarbonyl (C=S) groups is 1. The first-order valence-corrected chi connectivity index (χ1v) is 10.2. The van der Waals surface area contributed by atoms with Crippen molar-refractivity contribution in [3.63, 3.8) is 0 Å². The molecule has 1 heterocycles. The second-order valence-corrected chi connectivity index (χ2v) is 7.44. The maximum atomic E-state index is 12.6. The Kier molecular flexibility index (Phi) is 6.20. The zero-order chi connectivity index (χ0) is 22.7. The third-order valence-electron chi connectivity index (χ3n) is 4.58. The summed E-state index contributed by atoms with van der Waals surface area (Å²) < 4.78 is 10.4. The number of carbonyl (C=O) groups excluding carboxylic acids is 1. The molecule has 10 heteroatoms. The SMILES string of the molecule is COc1ccc(C(=O)NC(=S)Nc2cc3nn(-c4ccccc4)nc3cc2Cl)cc1OC. The van der Waals surface area contributed by atoms with Crippen LogP contribution in [0.25, 0.3) is 16.7 Å². The summed E-state index contributed by atoms with van der Waals surface area (Å²) >= 11 is 11.7. The van der Waals surface area contributed by atoms with Crippen LogP contribution in [0.3, 0.4) is 0 Å². The van der Waals surface area contributed by atoms with E-state index in [1.807, 2.05) is 30.3 Å². The highest BCUT2D eigenvalue weighted by molar-refractivity contribution is 7.80. The normalized spacial score (nSPS) is 10.6. The summed E-state index contributed by atoms with van der Waals surface area (Å²) in [5.41, 5.74) is 2.93. The number of fused-ring (bicyclic) bond motifs is 1. The molecule has 8 nitrogen and oxygen atoms in total. The third-order valence-corrected chi connectivity index (χ3v) is 5.09. The summed E-state index contributed by atoms with van der Waals surface area (Å²) in [5.74, 6) is 0.554. The average molecular weight is 468 g/mol. The van der Waals surface area contributed by atoms with Gasteiger partial charge in [-0.05, 0) is 54.7 Å². The van der Waals surface area contributed by atoms with Gasteiger partial charge in [0, 0.05) is 5.56 Å². The fourth-order valence-corrected chi connectivity index (χ4v) is 3.42. The zero-order valence-corrected chi connectivity index (χ0v) is 18.7. The van der Waals surface area contributed by atoms with Crippen LogP contribution in [0.2, 0.25) is 5.02 Å². The van der Waals surface area contributed by atoms with Crippen LogP contribution in [-0.4, -0.2) is 40.2 Å². The summed E-state index contributed by atoms with van der Waals surface area (Å²) in [5, 5.41) is 15.0. The Morgan fingerprint density at radius 1 is 0.969 bits per heavy atom. The molecule has 0 aliphatic carbocycles. The number of aromatic nitrogens is 3. The fourth-order valence-electron chi connectivity index (χ4n) is 3.02. The molecule has 0 aliphatic heterocycles. The van der Waals surface area contributed by atoms with Crippen molar-refractivity contribution in [2.45, 2.75) is 0 Å². The Balaban J connectivity index is 1.51. The average Bonchev–Trinajstić information content (AvgIpc) is 3.22. The van der Waals surface area contributed by atoms with E-state index in [9.17, 15) is 4.79 Å². The predicted octanol–water partition coefficient (Wildman–Crippen LogP) is 4.22. The number of halogens is 1. The minimum absolute atomic E-state index is 0.0847. The first-order chi connectivity index (χ1) is 15.5. The number of nitrogens with one attached hydrogen (secondary N) is 2. The molecule has 0 atom stereocenters. The molecular weight excluding hydrogens is 450 g/mol. The standard InChI is InChI=1S/C22H18ClN5O3S/c1-30-19-9-8-13(10-20(19)31-2)21(29)25-22(32)24-16-12-18-17(11-15(16)23)26-28(27-18)14-6-4-3-5-7-14/h3-12H,1-2H3,(H2,24,25,29,32). The molecule has 162 valence electrons. The van der Waals surface area contributed by atoms with Gasteiger partial charge in [-0.15, -0.1) is 10.2 Å². The van der Waals surface area contributed by atoms with E-state index in [4.69, 9.17) is 33.3 Å². The van der Waals surface area contributed by atoms with Gasteiger partial charge in [0.25, 0.3) is 5.91 Å². The van der Waals surface area contributed by atoms with Crippen LogP contribution in [0, 0.1) is 0 Å². The van der Waals surface area contributed by atoms with E-state index in [0.717, 1.165) is 5.69 Å². The molecule has 4 aromatic rings. The van der Waals surface area contributed by atoms with E-state index in [1.54, 1.807) is 30.3 Å². The summed E-state index contributed by atoms with van der Waals surface area (Å²) in [4.78, 5) is 14.1. The second kappa shape index (κ2) is 9.21. The van der Waals surface area contributed by atoms with Crippen molar-refractivity contribution in [3.05, 3.63) is 71.2 Å². The van der Waals surface area contributed by atoms with E-state index >= 15 is 0 Å². The summed E-state index contributed by atoms with van der Waals surface area (Å²) in [6.07, 6.45) is 0. The Morgan fingerprint density at radius 3 is 2.34 bits per heavy atom. The van der Waals surface area contributed by atoms with Gasteiger partial charge in [-0.3, -0.25) is 10.1 Å². The van der Waals surface area contributed by atoms with Crippen molar-refractivity contribution in [2.75, 3.05) is 19.5 Å². The van der Waals surface area contributed by atoms with Crippen LogP contribution in [0.15, 0.2) is 60.7 Å². The van der Waals surface area contributed by atoms with Gasteiger partial charge in [-0.25, -0.2) is 0 Å². The lowest BCUT2D eigenvalue weighted by atomic mass is 10.2. The number of carbonyl (C=O) groups is 1. The molecule has 0 unspecified atom stereocenters. The highest BCUT2D eigenvalue weighted by Gasteiger charge is 2.14. The summed E-state index contributed by atoms with van der Waals surface area (Å²) in [7, 11) is 3.02. The highest BCUT2D eigenvalue weighted by Crippen LogP contribution is 2.28. The van der Waals surface area contributed by atoms with Crippen LogP contribution in [0.4, 0.5) is 5.69 Å². The molecule has 0 saturated heterocycles. The highest BCUT2D eigenvalue weighted by atomic mass is 35.5. The minimum Gasteiger partial charge on any atom is -0.493 e. The molecule has 4 rings (SSSR count). The van der Waals surface area contributed by atoms with Gasteiger partial charge in [-0.1, -0.05) is 29.8 Å². The Hall–Kier alpha value is -3.69. The number of hydrogen-bond donors (Lipinski definition) is 2. The number of nitrogens with zero attached hydrogens (tertiary/aromatic N) is 3. The maximum Gasteiger partial charge on any atom is 0.257 e. The quantitative estimate of drug-likeness (QED) is 0.425. The number of hydrogen-bond acceptors (Lipinski definition) is 6. The summed E-state index contributed by atoms with van der Waals surface area (Å²) in [6, 6.07) is 17.8. The fraction of sp³-hybridized carbons (Fsp3) is 0.0909.